The fourth-order valence-corrected chi connectivity index (χ4v) is 12.7. The van der Waals surface area contributed by atoms with Gasteiger partial charge in [0.2, 0.25) is 11.6 Å². The zero-order valence-electron chi connectivity index (χ0n) is 27.9. The van der Waals surface area contributed by atoms with E-state index in [-0.39, 0.29) is 47.4 Å². The van der Waals surface area contributed by atoms with Crippen molar-refractivity contribution in [3.8, 4) is 0 Å². The quantitative estimate of drug-likeness (QED) is 0.332. The van der Waals surface area contributed by atoms with Crippen LogP contribution in [0.25, 0.3) is 0 Å². The summed E-state index contributed by atoms with van der Waals surface area (Å²) in [7, 11) is -3.36. The molecule has 0 N–H and O–H groups in total. The SMILES string of the molecule is C[C@H]1[C@@H](CCS(=O)(=O)CC[C@H]2O[C@@H]3O[C@]4(C)CC[C@H]5[C@H](C)CC[C@@H]([C@H]2C)[C@@]35OO4)O[C@@H]2O[C@@]3(C)CC[C@H]4[C@H](C)CC[C@@H]1[C@@]24OO3. The molecule has 45 heavy (non-hydrogen) atoms. The monoisotopic (exact) mass is 654 g/mol. The van der Waals surface area contributed by atoms with Gasteiger partial charge >= 0.3 is 0 Å². The van der Waals surface area contributed by atoms with E-state index in [9.17, 15) is 8.42 Å². The van der Waals surface area contributed by atoms with E-state index in [4.69, 9.17) is 38.5 Å². The second kappa shape index (κ2) is 10.8. The van der Waals surface area contributed by atoms with Crippen molar-refractivity contribution >= 4 is 9.84 Å². The highest BCUT2D eigenvalue weighted by molar-refractivity contribution is 7.91. The number of sulfone groups is 1. The van der Waals surface area contributed by atoms with Crippen LogP contribution < -0.4 is 0 Å². The number of rotatable bonds is 6. The third-order valence-electron chi connectivity index (χ3n) is 14.0. The maximum atomic E-state index is 13.6. The molecule has 256 valence electrons. The van der Waals surface area contributed by atoms with E-state index in [2.05, 4.69) is 27.7 Å². The van der Waals surface area contributed by atoms with Crippen LogP contribution in [-0.2, 0) is 48.3 Å². The minimum Gasteiger partial charge on any atom is -0.346 e. The molecule has 8 saturated heterocycles. The molecule has 0 amide bonds. The number of fused-ring (bicyclic) bond motifs is 4. The van der Waals surface area contributed by atoms with Gasteiger partial charge in [0.15, 0.2) is 33.6 Å². The fourth-order valence-electron chi connectivity index (χ4n) is 11.3. The van der Waals surface area contributed by atoms with E-state index in [1.807, 2.05) is 13.8 Å². The predicted molar refractivity (Wildman–Crippen MR) is 162 cm³/mol. The van der Waals surface area contributed by atoms with Gasteiger partial charge in [-0.3, -0.25) is 0 Å². The first-order valence-corrected chi connectivity index (χ1v) is 19.7. The van der Waals surface area contributed by atoms with Crippen LogP contribution in [0.3, 0.4) is 0 Å². The van der Waals surface area contributed by atoms with Crippen LogP contribution in [0.5, 0.6) is 0 Å². The van der Waals surface area contributed by atoms with Crippen molar-refractivity contribution in [3.05, 3.63) is 0 Å². The van der Waals surface area contributed by atoms with E-state index < -0.39 is 45.2 Å². The lowest BCUT2D eigenvalue weighted by molar-refractivity contribution is -0.571. The van der Waals surface area contributed by atoms with Crippen LogP contribution in [0.1, 0.15) is 106 Å². The second-order valence-electron chi connectivity index (χ2n) is 16.6. The molecule has 2 aliphatic carbocycles. The van der Waals surface area contributed by atoms with Gasteiger partial charge in [0, 0.05) is 24.7 Å². The minimum absolute atomic E-state index is 0.0753. The van der Waals surface area contributed by atoms with Crippen molar-refractivity contribution in [2.45, 2.75) is 153 Å². The summed E-state index contributed by atoms with van der Waals surface area (Å²) in [5.74, 6) is 0.706. The molecule has 11 heteroatoms. The van der Waals surface area contributed by atoms with Gasteiger partial charge in [-0.15, -0.1) is 0 Å². The molecule has 10 fully saturated rings. The molecule has 10 aliphatic rings. The number of hydrogen-bond acceptors (Lipinski definition) is 10. The van der Waals surface area contributed by atoms with E-state index in [1.54, 1.807) is 0 Å². The van der Waals surface area contributed by atoms with Gasteiger partial charge in [0.05, 0.1) is 23.7 Å². The Morgan fingerprint density at radius 2 is 1.00 bits per heavy atom. The van der Waals surface area contributed by atoms with Crippen molar-refractivity contribution in [3.63, 3.8) is 0 Å². The lowest BCUT2D eigenvalue weighted by atomic mass is 9.57. The molecule has 10 nitrogen and oxygen atoms in total. The molecule has 8 heterocycles. The first kappa shape index (κ1) is 31.9. The highest BCUT2D eigenvalue weighted by Crippen LogP contribution is 2.62. The molecule has 0 aromatic rings. The van der Waals surface area contributed by atoms with Crippen LogP contribution in [0, 0.1) is 47.3 Å². The smallest absolute Gasteiger partial charge is 0.201 e. The summed E-state index contributed by atoms with van der Waals surface area (Å²) >= 11 is 0. The van der Waals surface area contributed by atoms with Crippen molar-refractivity contribution in [1.82, 2.24) is 0 Å². The summed E-state index contributed by atoms with van der Waals surface area (Å²) in [6, 6.07) is 0. The van der Waals surface area contributed by atoms with Gasteiger partial charge < -0.3 is 18.9 Å². The lowest BCUT2D eigenvalue weighted by Gasteiger charge is -2.60. The highest BCUT2D eigenvalue weighted by Gasteiger charge is 2.70. The molecular formula is C34H54O10S. The number of ether oxygens (including phenoxy) is 4. The maximum Gasteiger partial charge on any atom is 0.201 e. The van der Waals surface area contributed by atoms with Crippen molar-refractivity contribution in [1.29, 1.82) is 0 Å². The summed E-state index contributed by atoms with van der Waals surface area (Å²) in [5, 5.41) is 0. The summed E-state index contributed by atoms with van der Waals surface area (Å²) in [5.41, 5.74) is -1.26. The molecule has 0 unspecified atom stereocenters. The van der Waals surface area contributed by atoms with Crippen LogP contribution in [-0.4, -0.2) is 67.5 Å². The van der Waals surface area contributed by atoms with Crippen LogP contribution >= 0.6 is 0 Å². The largest absolute Gasteiger partial charge is 0.346 e. The second-order valence-corrected chi connectivity index (χ2v) is 18.9. The van der Waals surface area contributed by atoms with Crippen molar-refractivity contribution in [2.75, 3.05) is 11.5 Å². The average molecular weight is 655 g/mol. The van der Waals surface area contributed by atoms with E-state index in [1.165, 1.54) is 0 Å². The third-order valence-corrected chi connectivity index (χ3v) is 15.7. The van der Waals surface area contributed by atoms with Gasteiger partial charge in [0.1, 0.15) is 0 Å². The van der Waals surface area contributed by atoms with Crippen molar-refractivity contribution < 1.29 is 46.9 Å². The van der Waals surface area contributed by atoms with Gasteiger partial charge in [0.25, 0.3) is 0 Å². The minimum atomic E-state index is -3.36. The summed E-state index contributed by atoms with van der Waals surface area (Å²) < 4.78 is 53.5. The van der Waals surface area contributed by atoms with Gasteiger partial charge in [-0.25, -0.2) is 28.0 Å². The zero-order chi connectivity index (χ0) is 31.6. The predicted octanol–water partition coefficient (Wildman–Crippen LogP) is 5.68. The molecule has 0 aromatic heterocycles. The Morgan fingerprint density at radius 3 is 1.42 bits per heavy atom. The van der Waals surface area contributed by atoms with Crippen molar-refractivity contribution in [2.24, 2.45) is 47.3 Å². The lowest BCUT2D eigenvalue weighted by Crippen LogP contribution is -2.70. The molecular weight excluding hydrogens is 600 g/mol. The van der Waals surface area contributed by atoms with E-state index >= 15 is 0 Å². The molecule has 16 atom stereocenters. The summed E-state index contributed by atoms with van der Waals surface area (Å²) in [6.45, 7) is 12.8. The molecule has 2 spiro atoms. The van der Waals surface area contributed by atoms with Crippen LogP contribution in [0.4, 0.5) is 0 Å². The fraction of sp³-hybridized carbons (Fsp3) is 1.00. The van der Waals surface area contributed by atoms with Gasteiger partial charge in [-0.2, -0.15) is 0 Å². The number of hydrogen-bond donors (Lipinski definition) is 0. The highest BCUT2D eigenvalue weighted by atomic mass is 32.2. The first-order valence-electron chi connectivity index (χ1n) is 17.9. The first-order chi connectivity index (χ1) is 21.3. The Bertz CT molecular complexity index is 1180. The molecule has 8 aliphatic heterocycles. The Morgan fingerprint density at radius 1 is 0.578 bits per heavy atom. The summed E-state index contributed by atoms with van der Waals surface area (Å²) in [6.07, 6.45) is 7.08. The standard InChI is InChI=1S/C34H54O10S/c1-19-7-9-25-21(3)27(37-29-33(25)23(19)11-15-31(5,39-29)41-43-33)13-17-45(35,36)18-14-28-22(4)26-10-8-20(2)24-12-16-32(6)40-30(38-28)34(24,26)44-42-32/h19-30H,7-18H2,1-6H3/t19-,20-,21-,22-,23+,24+,25+,26+,27-,28-,29-,30-,31-,32+,33-,34-/m1/s1. The van der Waals surface area contributed by atoms with E-state index in [0.29, 0.717) is 36.5 Å². The maximum absolute atomic E-state index is 13.6. The molecule has 10 rings (SSSR count). The van der Waals surface area contributed by atoms with Gasteiger partial charge in [-0.05, 0) is 101 Å². The van der Waals surface area contributed by atoms with Crippen LogP contribution in [0.2, 0.25) is 0 Å². The molecule has 4 bridgehead atoms. The Hall–Kier alpha value is -0.370. The summed E-state index contributed by atoms with van der Waals surface area (Å²) in [4.78, 5) is 24.4. The zero-order valence-corrected chi connectivity index (χ0v) is 28.7. The Labute approximate surface area is 268 Å². The Kier molecular flexibility index (Phi) is 7.66. The average Bonchev–Trinajstić information content (AvgIpc) is 3.37. The van der Waals surface area contributed by atoms with Gasteiger partial charge in [-0.1, -0.05) is 27.7 Å². The van der Waals surface area contributed by atoms with Crippen LogP contribution in [0.15, 0.2) is 0 Å². The Balaban J connectivity index is 0.941. The normalized spacial score (nSPS) is 57.0. The topological polar surface area (TPSA) is 108 Å². The van der Waals surface area contributed by atoms with E-state index in [0.717, 1.165) is 51.4 Å². The molecule has 2 saturated carbocycles. The third kappa shape index (κ3) is 4.79. The molecule has 0 aromatic carbocycles. The molecule has 0 radical (unpaired) electrons.